The normalized spacial score (nSPS) is 14.4. The molecule has 5 nitrogen and oxygen atoms in total. The molecule has 2 rings (SSSR count). The van der Waals surface area contributed by atoms with E-state index >= 15 is 0 Å². The summed E-state index contributed by atoms with van der Waals surface area (Å²) in [5.74, 6) is 0. The van der Waals surface area contributed by atoms with Crippen LogP contribution in [0.3, 0.4) is 0 Å². The summed E-state index contributed by atoms with van der Waals surface area (Å²) < 4.78 is 27.0. The van der Waals surface area contributed by atoms with Crippen LogP contribution in [0, 0.1) is 0 Å². The van der Waals surface area contributed by atoms with Crippen LogP contribution in [0.4, 0.5) is 0 Å². The lowest BCUT2D eigenvalue weighted by atomic mass is 10.0. The molecule has 2 aromatic carbocycles. The first kappa shape index (κ1) is 17.9. The summed E-state index contributed by atoms with van der Waals surface area (Å²) in [5, 5.41) is 19.9. The molecule has 0 radical (unpaired) electrons. The van der Waals surface area contributed by atoms with Crippen LogP contribution >= 0.6 is 11.6 Å². The smallest absolute Gasteiger partial charge is 0.240 e. The van der Waals surface area contributed by atoms with Crippen LogP contribution in [0.2, 0.25) is 5.02 Å². The van der Waals surface area contributed by atoms with E-state index in [-0.39, 0.29) is 11.3 Å². The molecule has 0 bridgehead atoms. The van der Waals surface area contributed by atoms with Gasteiger partial charge in [0.25, 0.3) is 0 Å². The third-order valence-electron chi connectivity index (χ3n) is 3.34. The molecule has 23 heavy (non-hydrogen) atoms. The number of hydrogen-bond donors (Lipinski definition) is 3. The SMILES string of the molecule is O=S(=O)(N[C@@H](CO)C[C@H](O)c1ccccc1)c1cccc(Cl)c1. The standard InChI is InChI=1S/C16H18ClNO4S/c17-13-7-4-8-15(9-13)23(21,22)18-14(11-19)10-16(20)12-5-2-1-3-6-12/h1-9,14,16,18-20H,10-11H2/t14-,16+/m1/s1. The maximum Gasteiger partial charge on any atom is 0.240 e. The van der Waals surface area contributed by atoms with Gasteiger partial charge < -0.3 is 10.2 Å². The third-order valence-corrected chi connectivity index (χ3v) is 5.09. The fraction of sp³-hybridized carbons (Fsp3) is 0.250. The van der Waals surface area contributed by atoms with Crippen molar-refractivity contribution in [3.63, 3.8) is 0 Å². The zero-order chi connectivity index (χ0) is 16.9. The van der Waals surface area contributed by atoms with Crippen molar-refractivity contribution in [1.29, 1.82) is 0 Å². The first-order valence-electron chi connectivity index (χ1n) is 7.04. The number of rotatable bonds is 7. The molecule has 2 aromatic rings. The second kappa shape index (κ2) is 7.90. The second-order valence-corrected chi connectivity index (χ2v) is 7.27. The third kappa shape index (κ3) is 5.02. The van der Waals surface area contributed by atoms with E-state index in [9.17, 15) is 18.6 Å². The highest BCUT2D eigenvalue weighted by Gasteiger charge is 2.22. The monoisotopic (exact) mass is 355 g/mol. The van der Waals surface area contributed by atoms with Gasteiger partial charge in [-0.3, -0.25) is 0 Å². The van der Waals surface area contributed by atoms with Crippen molar-refractivity contribution in [1.82, 2.24) is 4.72 Å². The molecule has 0 saturated heterocycles. The zero-order valence-corrected chi connectivity index (χ0v) is 13.8. The van der Waals surface area contributed by atoms with Crippen LogP contribution in [-0.4, -0.2) is 31.3 Å². The number of sulfonamides is 1. The lowest BCUT2D eigenvalue weighted by Gasteiger charge is -2.20. The molecule has 0 aliphatic carbocycles. The molecular formula is C16H18ClNO4S. The molecular weight excluding hydrogens is 338 g/mol. The van der Waals surface area contributed by atoms with Gasteiger partial charge in [0.2, 0.25) is 10.0 Å². The largest absolute Gasteiger partial charge is 0.395 e. The summed E-state index contributed by atoms with van der Waals surface area (Å²) in [4.78, 5) is 0.0117. The van der Waals surface area contributed by atoms with Crippen molar-refractivity contribution in [2.75, 3.05) is 6.61 Å². The molecule has 0 unspecified atom stereocenters. The Balaban J connectivity index is 2.10. The Morgan fingerprint density at radius 1 is 1.09 bits per heavy atom. The van der Waals surface area contributed by atoms with Crippen LogP contribution in [0.25, 0.3) is 0 Å². The van der Waals surface area contributed by atoms with Gasteiger partial charge in [0, 0.05) is 11.1 Å². The highest BCUT2D eigenvalue weighted by molar-refractivity contribution is 7.89. The number of aliphatic hydroxyl groups is 2. The first-order chi connectivity index (χ1) is 10.9. The van der Waals surface area contributed by atoms with Crippen LogP contribution in [0.5, 0.6) is 0 Å². The Morgan fingerprint density at radius 3 is 2.39 bits per heavy atom. The van der Waals surface area contributed by atoms with Crippen molar-refractivity contribution in [2.45, 2.75) is 23.5 Å². The van der Waals surface area contributed by atoms with E-state index < -0.39 is 28.8 Å². The first-order valence-corrected chi connectivity index (χ1v) is 8.90. The molecule has 0 spiro atoms. The number of nitrogens with one attached hydrogen (secondary N) is 1. The summed E-state index contributed by atoms with van der Waals surface area (Å²) in [6.07, 6.45) is -0.823. The van der Waals surface area contributed by atoms with Crippen LogP contribution < -0.4 is 4.72 Å². The summed E-state index contributed by atoms with van der Waals surface area (Å²) in [6.45, 7) is -0.427. The Morgan fingerprint density at radius 2 is 1.78 bits per heavy atom. The van der Waals surface area contributed by atoms with Gasteiger partial charge >= 0.3 is 0 Å². The van der Waals surface area contributed by atoms with Gasteiger partial charge in [-0.05, 0) is 30.2 Å². The molecule has 0 heterocycles. The average Bonchev–Trinajstić information content (AvgIpc) is 2.54. The molecule has 124 valence electrons. The second-order valence-electron chi connectivity index (χ2n) is 5.12. The number of benzene rings is 2. The van der Waals surface area contributed by atoms with E-state index in [0.717, 1.165) is 0 Å². The molecule has 0 fully saturated rings. The molecule has 3 N–H and O–H groups in total. The Kier molecular flexibility index (Phi) is 6.15. The van der Waals surface area contributed by atoms with Crippen LogP contribution in [-0.2, 0) is 10.0 Å². The maximum absolute atomic E-state index is 12.3. The summed E-state index contributed by atoms with van der Waals surface area (Å²) >= 11 is 5.80. The fourth-order valence-electron chi connectivity index (χ4n) is 2.16. The highest BCUT2D eigenvalue weighted by Crippen LogP contribution is 2.20. The minimum atomic E-state index is -3.83. The summed E-state index contributed by atoms with van der Waals surface area (Å²) in [5.41, 5.74) is 0.660. The summed E-state index contributed by atoms with van der Waals surface area (Å²) in [6, 6.07) is 13.9. The van der Waals surface area contributed by atoms with Crippen molar-refractivity contribution in [2.24, 2.45) is 0 Å². The number of aliphatic hydroxyl groups excluding tert-OH is 2. The Hall–Kier alpha value is -1.44. The van der Waals surface area contributed by atoms with Gasteiger partial charge in [-0.25, -0.2) is 13.1 Å². The average molecular weight is 356 g/mol. The van der Waals surface area contributed by atoms with Gasteiger partial charge in [-0.15, -0.1) is 0 Å². The number of halogens is 1. The Labute approximate surface area is 140 Å². The van der Waals surface area contributed by atoms with Crippen LogP contribution in [0.15, 0.2) is 59.5 Å². The van der Waals surface area contributed by atoms with E-state index in [1.54, 1.807) is 30.3 Å². The van der Waals surface area contributed by atoms with Crippen molar-refractivity contribution >= 4 is 21.6 Å². The Bertz CT molecular complexity index is 737. The molecule has 7 heteroatoms. The van der Waals surface area contributed by atoms with E-state index in [0.29, 0.717) is 10.6 Å². The number of hydrogen-bond acceptors (Lipinski definition) is 4. The van der Waals surface area contributed by atoms with E-state index in [1.165, 1.54) is 18.2 Å². The van der Waals surface area contributed by atoms with E-state index in [4.69, 9.17) is 11.6 Å². The topological polar surface area (TPSA) is 86.6 Å². The lowest BCUT2D eigenvalue weighted by molar-refractivity contribution is 0.136. The van der Waals surface area contributed by atoms with Gasteiger partial charge in [-0.1, -0.05) is 48.0 Å². The highest BCUT2D eigenvalue weighted by atomic mass is 35.5. The zero-order valence-electron chi connectivity index (χ0n) is 12.3. The predicted octanol–water partition coefficient (Wildman–Crippen LogP) is 2.10. The van der Waals surface area contributed by atoms with Gasteiger partial charge in [0.05, 0.1) is 17.6 Å². The predicted molar refractivity (Wildman–Crippen MR) is 88.7 cm³/mol. The minimum Gasteiger partial charge on any atom is -0.395 e. The minimum absolute atomic E-state index is 0.0117. The molecule has 0 aliphatic heterocycles. The van der Waals surface area contributed by atoms with E-state index in [2.05, 4.69) is 4.72 Å². The fourth-order valence-corrected chi connectivity index (χ4v) is 3.70. The lowest BCUT2D eigenvalue weighted by Crippen LogP contribution is -2.38. The maximum atomic E-state index is 12.3. The van der Waals surface area contributed by atoms with Crippen molar-refractivity contribution in [3.05, 3.63) is 65.2 Å². The molecule has 0 aliphatic rings. The van der Waals surface area contributed by atoms with Gasteiger partial charge in [0.1, 0.15) is 0 Å². The molecule has 0 saturated carbocycles. The van der Waals surface area contributed by atoms with Gasteiger partial charge in [-0.2, -0.15) is 0 Å². The quantitative estimate of drug-likeness (QED) is 0.710. The van der Waals surface area contributed by atoms with Gasteiger partial charge in [0.15, 0.2) is 0 Å². The summed E-state index contributed by atoms with van der Waals surface area (Å²) in [7, 11) is -3.83. The van der Waals surface area contributed by atoms with Crippen molar-refractivity contribution < 1.29 is 18.6 Å². The van der Waals surface area contributed by atoms with E-state index in [1.807, 2.05) is 6.07 Å². The molecule has 0 amide bonds. The van der Waals surface area contributed by atoms with Crippen LogP contribution in [0.1, 0.15) is 18.1 Å². The van der Waals surface area contributed by atoms with Crippen molar-refractivity contribution in [3.8, 4) is 0 Å². The molecule has 0 aromatic heterocycles. The molecule has 2 atom stereocenters.